The highest BCUT2D eigenvalue weighted by Gasteiger charge is 2.19. The highest BCUT2D eigenvalue weighted by atomic mass is 16.4. The third kappa shape index (κ3) is 1.03. The van der Waals surface area contributed by atoms with Crippen molar-refractivity contribution in [1.29, 1.82) is 5.26 Å². The van der Waals surface area contributed by atoms with Gasteiger partial charge in [0, 0.05) is 0 Å². The van der Waals surface area contributed by atoms with E-state index >= 15 is 0 Å². The summed E-state index contributed by atoms with van der Waals surface area (Å²) < 4.78 is 4.59. The van der Waals surface area contributed by atoms with Gasteiger partial charge in [-0.05, 0) is 6.07 Å². The minimum Gasteiger partial charge on any atom is -0.471 e. The summed E-state index contributed by atoms with van der Waals surface area (Å²) in [7, 11) is -1.70. The van der Waals surface area contributed by atoms with E-state index in [1.165, 1.54) is 12.3 Å². The van der Waals surface area contributed by atoms with E-state index in [1.807, 2.05) is 0 Å². The van der Waals surface area contributed by atoms with Crippen LogP contribution >= 0.6 is 0 Å². The third-order valence-corrected chi connectivity index (χ3v) is 1.05. The molecule has 5 heteroatoms. The minimum atomic E-state index is -1.70. The first-order chi connectivity index (χ1) is 4.75. The normalized spacial score (nSPS) is 8.90. The fourth-order valence-electron chi connectivity index (χ4n) is 0.613. The smallest absolute Gasteiger partial charge is 0.471 e. The second-order valence-corrected chi connectivity index (χ2v) is 1.68. The highest BCUT2D eigenvalue weighted by molar-refractivity contribution is 6.57. The molecule has 0 fully saturated rings. The molecule has 1 rings (SSSR count). The van der Waals surface area contributed by atoms with Crippen LogP contribution in [0.4, 0.5) is 0 Å². The number of nitrogens with zero attached hydrogens (tertiary/aromatic N) is 1. The minimum absolute atomic E-state index is 0.109. The van der Waals surface area contributed by atoms with Crippen molar-refractivity contribution in [2.45, 2.75) is 0 Å². The van der Waals surface area contributed by atoms with Gasteiger partial charge in [-0.1, -0.05) is 0 Å². The molecule has 0 spiro atoms. The van der Waals surface area contributed by atoms with E-state index in [9.17, 15) is 0 Å². The number of furan rings is 1. The van der Waals surface area contributed by atoms with Gasteiger partial charge >= 0.3 is 7.12 Å². The summed E-state index contributed by atoms with van der Waals surface area (Å²) in [5, 5.41) is 25.4. The van der Waals surface area contributed by atoms with Gasteiger partial charge in [0.05, 0.1) is 11.8 Å². The van der Waals surface area contributed by atoms with Crippen molar-refractivity contribution in [1.82, 2.24) is 0 Å². The van der Waals surface area contributed by atoms with Crippen molar-refractivity contribution in [3.63, 3.8) is 0 Å². The largest absolute Gasteiger partial charge is 0.527 e. The molecule has 1 aromatic rings. The molecular weight excluding hydrogens is 133 g/mol. The lowest BCUT2D eigenvalue weighted by atomic mass is 9.85. The summed E-state index contributed by atoms with van der Waals surface area (Å²) >= 11 is 0. The molecule has 50 valence electrons. The molecule has 2 N–H and O–H groups in total. The maximum atomic E-state index is 8.54. The maximum absolute atomic E-state index is 8.54. The Bertz CT molecular complexity index is 262. The Kier molecular flexibility index (Phi) is 1.76. The van der Waals surface area contributed by atoms with Crippen LogP contribution in [0.3, 0.4) is 0 Å². The van der Waals surface area contributed by atoms with Gasteiger partial charge in [-0.25, -0.2) is 0 Å². The Labute approximate surface area is 57.5 Å². The Morgan fingerprint density at radius 2 is 2.30 bits per heavy atom. The second kappa shape index (κ2) is 2.56. The van der Waals surface area contributed by atoms with E-state index in [0.29, 0.717) is 0 Å². The van der Waals surface area contributed by atoms with Gasteiger partial charge < -0.3 is 14.5 Å². The predicted molar refractivity (Wildman–Crippen MR) is 33.2 cm³/mol. The molecule has 4 nitrogen and oxygen atoms in total. The molecule has 0 aromatic carbocycles. The average molecular weight is 137 g/mol. The lowest BCUT2D eigenvalue weighted by Gasteiger charge is -1.90. The number of hydrogen-bond donors (Lipinski definition) is 2. The van der Waals surface area contributed by atoms with Gasteiger partial charge in [-0.2, -0.15) is 5.26 Å². The van der Waals surface area contributed by atoms with Crippen molar-refractivity contribution in [3.8, 4) is 6.07 Å². The van der Waals surface area contributed by atoms with Crippen LogP contribution in [0.15, 0.2) is 16.7 Å². The zero-order chi connectivity index (χ0) is 7.56. The topological polar surface area (TPSA) is 77.4 Å². The molecule has 1 aromatic heterocycles. The molecule has 0 aliphatic rings. The van der Waals surface area contributed by atoms with Gasteiger partial charge in [-0.15, -0.1) is 0 Å². The van der Waals surface area contributed by atoms with Gasteiger partial charge in [0.2, 0.25) is 0 Å². The van der Waals surface area contributed by atoms with E-state index in [0.717, 1.165) is 0 Å². The quantitative estimate of drug-likeness (QED) is 0.478. The van der Waals surface area contributed by atoms with Crippen LogP contribution in [-0.4, -0.2) is 17.2 Å². The molecule has 0 saturated carbocycles. The first kappa shape index (κ1) is 6.87. The molecule has 0 saturated heterocycles. The summed E-state index contributed by atoms with van der Waals surface area (Å²) in [6.07, 6.45) is 1.23. The predicted octanol–water partition coefficient (Wildman–Crippen LogP) is -1.17. The monoisotopic (exact) mass is 137 g/mol. The fraction of sp³-hybridized carbons (Fsp3) is 0. The van der Waals surface area contributed by atoms with Crippen molar-refractivity contribution in [2.24, 2.45) is 0 Å². The van der Waals surface area contributed by atoms with Crippen LogP contribution in [0.25, 0.3) is 0 Å². The molecule has 0 bridgehead atoms. The van der Waals surface area contributed by atoms with Crippen LogP contribution in [0.2, 0.25) is 0 Å². The molecule has 10 heavy (non-hydrogen) atoms. The standard InChI is InChI=1S/C5H4BNO3/c7-3-4-1-2-10-5(4)6(8)9/h1-2,8-9H. The molecule has 1 heterocycles. The van der Waals surface area contributed by atoms with Crippen molar-refractivity contribution < 1.29 is 14.5 Å². The van der Waals surface area contributed by atoms with E-state index < -0.39 is 7.12 Å². The summed E-state index contributed by atoms with van der Waals surface area (Å²) in [5.74, 6) is 0. The summed E-state index contributed by atoms with van der Waals surface area (Å²) in [6, 6.07) is 3.11. The zero-order valence-corrected chi connectivity index (χ0v) is 4.98. The molecule has 0 radical (unpaired) electrons. The van der Waals surface area contributed by atoms with Gasteiger partial charge in [-0.3, -0.25) is 0 Å². The van der Waals surface area contributed by atoms with Crippen molar-refractivity contribution >= 4 is 12.8 Å². The molecule has 0 unspecified atom stereocenters. The van der Waals surface area contributed by atoms with E-state index in [2.05, 4.69) is 4.42 Å². The first-order valence-corrected chi connectivity index (χ1v) is 2.59. The van der Waals surface area contributed by atoms with Crippen LogP contribution in [0.1, 0.15) is 5.56 Å². The Balaban J connectivity index is 3.05. The third-order valence-electron chi connectivity index (χ3n) is 1.05. The number of hydrogen-bond acceptors (Lipinski definition) is 4. The van der Waals surface area contributed by atoms with E-state index in [1.54, 1.807) is 6.07 Å². The Morgan fingerprint density at radius 3 is 2.70 bits per heavy atom. The van der Waals surface area contributed by atoms with Gasteiger partial charge in [0.1, 0.15) is 6.07 Å². The van der Waals surface area contributed by atoms with E-state index in [4.69, 9.17) is 15.3 Å². The fourth-order valence-corrected chi connectivity index (χ4v) is 0.613. The molecule has 0 aliphatic heterocycles. The molecule has 0 atom stereocenters. The number of rotatable bonds is 1. The Hall–Kier alpha value is -1.25. The van der Waals surface area contributed by atoms with Gasteiger partial charge in [0.25, 0.3) is 0 Å². The van der Waals surface area contributed by atoms with Crippen LogP contribution in [0.5, 0.6) is 0 Å². The molecule has 0 amide bonds. The zero-order valence-electron chi connectivity index (χ0n) is 4.98. The van der Waals surface area contributed by atoms with Crippen LogP contribution < -0.4 is 5.66 Å². The highest BCUT2D eigenvalue weighted by Crippen LogP contribution is 1.94. The summed E-state index contributed by atoms with van der Waals surface area (Å²) in [6.45, 7) is 0. The van der Waals surface area contributed by atoms with Crippen LogP contribution in [-0.2, 0) is 0 Å². The van der Waals surface area contributed by atoms with Crippen molar-refractivity contribution in [2.75, 3.05) is 0 Å². The average Bonchev–Trinajstić information content (AvgIpc) is 2.33. The SMILES string of the molecule is N#Cc1ccoc1B(O)O. The van der Waals surface area contributed by atoms with E-state index in [-0.39, 0.29) is 11.2 Å². The first-order valence-electron chi connectivity index (χ1n) is 2.59. The van der Waals surface area contributed by atoms with Crippen molar-refractivity contribution in [3.05, 3.63) is 17.9 Å². The summed E-state index contributed by atoms with van der Waals surface area (Å²) in [4.78, 5) is 0. The lowest BCUT2D eigenvalue weighted by molar-refractivity contribution is 0.409. The van der Waals surface area contributed by atoms with Gasteiger partial charge in [0.15, 0.2) is 5.66 Å². The molecule has 0 aliphatic carbocycles. The van der Waals surface area contributed by atoms with Crippen LogP contribution in [0, 0.1) is 11.3 Å². The maximum Gasteiger partial charge on any atom is 0.527 e. The lowest BCUT2D eigenvalue weighted by Crippen LogP contribution is -2.30. The Morgan fingerprint density at radius 1 is 1.60 bits per heavy atom. The second-order valence-electron chi connectivity index (χ2n) is 1.68. The summed E-state index contributed by atoms with van der Waals surface area (Å²) in [5.41, 5.74) is 0.0394. The molecular formula is C5H4BNO3. The number of nitriles is 1.